The Kier molecular flexibility index (Phi) is 11.0. The molecule has 2 unspecified atom stereocenters. The Hall–Kier alpha value is -2.48. The third kappa shape index (κ3) is 8.04. The predicted octanol–water partition coefficient (Wildman–Crippen LogP) is 3.42. The number of rotatable bonds is 10. The molecular weight excluding hydrogens is 356 g/mol. The maximum Gasteiger partial charge on any atom is 0.326 e. The average molecular weight is 391 g/mol. The molecular formula is C20H34N6O2. The first-order valence-electron chi connectivity index (χ1n) is 9.77. The first-order valence-corrected chi connectivity index (χ1v) is 9.77. The van der Waals surface area contributed by atoms with Gasteiger partial charge in [0.2, 0.25) is 0 Å². The molecule has 156 valence electrons. The van der Waals surface area contributed by atoms with Crippen LogP contribution in [0.4, 0.5) is 0 Å². The van der Waals surface area contributed by atoms with E-state index in [0.29, 0.717) is 13.1 Å². The highest BCUT2D eigenvalue weighted by molar-refractivity contribution is 5.91. The third-order valence-corrected chi connectivity index (χ3v) is 3.97. The van der Waals surface area contributed by atoms with Crippen molar-refractivity contribution in [2.24, 2.45) is 33.9 Å². The molecule has 0 aliphatic heterocycles. The lowest BCUT2D eigenvalue weighted by Gasteiger charge is -2.33. The minimum absolute atomic E-state index is 0.0715. The highest BCUT2D eigenvalue weighted by Gasteiger charge is 2.30. The van der Waals surface area contributed by atoms with E-state index in [4.69, 9.17) is 10.5 Å². The van der Waals surface area contributed by atoms with E-state index in [9.17, 15) is 9.59 Å². The summed E-state index contributed by atoms with van der Waals surface area (Å²) in [5.74, 6) is -1.13. The van der Waals surface area contributed by atoms with Gasteiger partial charge in [-0.2, -0.15) is 20.8 Å². The Morgan fingerprint density at radius 2 is 1.00 bits per heavy atom. The summed E-state index contributed by atoms with van der Waals surface area (Å²) in [6.45, 7) is 16.2. The monoisotopic (exact) mass is 390 g/mol. The second-order valence-electron chi connectivity index (χ2n) is 8.47. The lowest BCUT2D eigenvalue weighted by molar-refractivity contribution is -0.130. The maximum absolute atomic E-state index is 12.2. The molecule has 0 bridgehead atoms. The van der Waals surface area contributed by atoms with Crippen LogP contribution >= 0.6 is 0 Å². The number of azo groups is 1. The highest BCUT2D eigenvalue weighted by Crippen LogP contribution is 2.20. The van der Waals surface area contributed by atoms with E-state index in [1.165, 1.54) is 9.80 Å². The molecule has 0 rings (SSSR count). The molecule has 0 heterocycles. The van der Waals surface area contributed by atoms with Gasteiger partial charge in [-0.3, -0.25) is 9.59 Å². The fourth-order valence-electron chi connectivity index (χ4n) is 2.79. The number of carbonyl (C=O) groups is 2. The Labute approximate surface area is 169 Å². The van der Waals surface area contributed by atoms with E-state index < -0.39 is 24.1 Å². The summed E-state index contributed by atoms with van der Waals surface area (Å²) in [6.07, 6.45) is -1.23. The topological polar surface area (TPSA) is 113 Å². The Morgan fingerprint density at radius 1 is 0.714 bits per heavy atom. The van der Waals surface area contributed by atoms with Gasteiger partial charge in [-0.15, -0.1) is 0 Å². The molecule has 0 aromatic heterocycles. The fraction of sp³-hybridized carbons (Fsp3) is 0.800. The van der Waals surface area contributed by atoms with Gasteiger partial charge in [0.15, 0.2) is 12.1 Å². The molecule has 2 amide bonds. The summed E-state index contributed by atoms with van der Waals surface area (Å²) >= 11 is 0. The van der Waals surface area contributed by atoms with Crippen molar-refractivity contribution < 1.29 is 9.59 Å². The molecule has 0 aliphatic rings. The van der Waals surface area contributed by atoms with E-state index in [1.54, 1.807) is 12.1 Å². The molecule has 2 atom stereocenters. The first-order chi connectivity index (χ1) is 13.0. The molecule has 0 saturated heterocycles. The zero-order chi connectivity index (χ0) is 22.0. The van der Waals surface area contributed by atoms with Crippen LogP contribution in [-0.4, -0.2) is 47.0 Å². The van der Waals surface area contributed by atoms with Crippen molar-refractivity contribution in [1.29, 1.82) is 10.5 Å². The largest absolute Gasteiger partial charge is 0.326 e. The van der Waals surface area contributed by atoms with Gasteiger partial charge in [-0.1, -0.05) is 55.4 Å². The molecule has 0 fully saturated rings. The number of hydrogen-bond acceptors (Lipinski definition) is 6. The molecule has 0 N–H and O–H groups in total. The molecule has 0 radical (unpaired) electrons. The summed E-state index contributed by atoms with van der Waals surface area (Å²) in [7, 11) is 0. The maximum atomic E-state index is 12.2. The number of carbonyl (C=O) groups excluding carboxylic acids is 2. The fourth-order valence-corrected chi connectivity index (χ4v) is 2.79. The zero-order valence-electron chi connectivity index (χ0n) is 18.4. The van der Waals surface area contributed by atoms with Crippen LogP contribution in [0.2, 0.25) is 0 Å². The van der Waals surface area contributed by atoms with Crippen molar-refractivity contribution >= 4 is 11.8 Å². The smallest absolute Gasteiger partial charge is 0.306 e. The lowest BCUT2D eigenvalue weighted by atomic mass is 10.1. The number of hydrogen-bond donors (Lipinski definition) is 0. The summed E-state index contributed by atoms with van der Waals surface area (Å²) < 4.78 is 0. The standard InChI is InChI=1S/C20H34N6O2/c1-13(2)11-25(17(27)9-21)19(15(5)6)23-24-20(16(7)8)26(12-14(3)4)18(28)10-22/h13-16,19-20H,11-12H2,1-8H3/b24-23+. The molecule has 0 aliphatic carbocycles. The van der Waals surface area contributed by atoms with Crippen LogP contribution in [0.1, 0.15) is 55.4 Å². The number of amides is 2. The lowest BCUT2D eigenvalue weighted by Crippen LogP contribution is -2.45. The van der Waals surface area contributed by atoms with Gasteiger partial charge in [0.25, 0.3) is 0 Å². The van der Waals surface area contributed by atoms with Crippen molar-refractivity contribution in [1.82, 2.24) is 9.80 Å². The van der Waals surface area contributed by atoms with Crippen LogP contribution in [0, 0.1) is 46.3 Å². The van der Waals surface area contributed by atoms with Crippen molar-refractivity contribution in [3.63, 3.8) is 0 Å². The molecule has 8 nitrogen and oxygen atoms in total. The normalized spacial score (nSPS) is 13.6. The van der Waals surface area contributed by atoms with Gasteiger partial charge in [0.1, 0.15) is 12.3 Å². The number of nitriles is 2. The van der Waals surface area contributed by atoms with Gasteiger partial charge in [-0.25, -0.2) is 0 Å². The summed E-state index contributed by atoms with van der Waals surface area (Å²) in [6, 6.07) is 3.34. The molecule has 0 aromatic rings. The highest BCUT2D eigenvalue weighted by atomic mass is 16.2. The van der Waals surface area contributed by atoms with E-state index >= 15 is 0 Å². The van der Waals surface area contributed by atoms with Crippen molar-refractivity contribution in [2.45, 2.75) is 67.7 Å². The molecule has 8 heteroatoms. The number of nitrogens with zero attached hydrogens (tertiary/aromatic N) is 6. The summed E-state index contributed by atoms with van der Waals surface area (Å²) in [5, 5.41) is 27.0. The van der Waals surface area contributed by atoms with Crippen molar-refractivity contribution in [2.75, 3.05) is 13.1 Å². The van der Waals surface area contributed by atoms with Crippen LogP contribution in [0.25, 0.3) is 0 Å². The quantitative estimate of drug-likeness (QED) is 0.420. The van der Waals surface area contributed by atoms with Gasteiger partial charge in [0, 0.05) is 13.1 Å². The minimum Gasteiger partial charge on any atom is -0.306 e. The summed E-state index contributed by atoms with van der Waals surface area (Å²) in [5.41, 5.74) is 0. The second-order valence-corrected chi connectivity index (χ2v) is 8.47. The van der Waals surface area contributed by atoms with E-state index in [0.717, 1.165) is 0 Å². The van der Waals surface area contributed by atoms with Gasteiger partial charge in [0.05, 0.1) is 0 Å². The first kappa shape index (κ1) is 25.5. The van der Waals surface area contributed by atoms with E-state index in [2.05, 4.69) is 10.2 Å². The Balaban J connectivity index is 5.95. The van der Waals surface area contributed by atoms with Crippen molar-refractivity contribution in [3.8, 4) is 12.1 Å². The average Bonchev–Trinajstić information content (AvgIpc) is 2.59. The van der Waals surface area contributed by atoms with E-state index in [1.807, 2.05) is 55.4 Å². The molecule has 0 spiro atoms. The van der Waals surface area contributed by atoms with Crippen LogP contribution in [0.3, 0.4) is 0 Å². The zero-order valence-corrected chi connectivity index (χ0v) is 18.4. The third-order valence-electron chi connectivity index (χ3n) is 3.97. The van der Waals surface area contributed by atoms with Crippen molar-refractivity contribution in [3.05, 3.63) is 0 Å². The Morgan fingerprint density at radius 3 is 1.18 bits per heavy atom. The van der Waals surface area contributed by atoms with Gasteiger partial charge in [-0.05, 0) is 23.7 Å². The van der Waals surface area contributed by atoms with Gasteiger partial charge >= 0.3 is 11.8 Å². The van der Waals surface area contributed by atoms with Gasteiger partial charge < -0.3 is 9.80 Å². The molecule has 0 aromatic carbocycles. The van der Waals surface area contributed by atoms with Crippen LogP contribution < -0.4 is 0 Å². The van der Waals surface area contributed by atoms with Crippen LogP contribution in [0.5, 0.6) is 0 Å². The Bertz CT molecular complexity index is 574. The second kappa shape index (κ2) is 12.1. The van der Waals surface area contributed by atoms with Crippen LogP contribution in [-0.2, 0) is 9.59 Å². The molecule has 0 saturated carbocycles. The predicted molar refractivity (Wildman–Crippen MR) is 106 cm³/mol. The summed E-state index contributed by atoms with van der Waals surface area (Å²) in [4.78, 5) is 27.2. The molecule has 28 heavy (non-hydrogen) atoms. The van der Waals surface area contributed by atoms with Crippen LogP contribution in [0.15, 0.2) is 10.2 Å². The minimum atomic E-state index is -0.653. The SMILES string of the molecule is CC(C)CN(C(=O)C#N)C(/N=N/C(C(C)C)N(CC(C)C)C(=O)C#N)C(C)C. The van der Waals surface area contributed by atoms with E-state index in [-0.39, 0.29) is 23.7 Å².